The van der Waals surface area contributed by atoms with Gasteiger partial charge in [0.05, 0.1) is 23.4 Å². The highest BCUT2D eigenvalue weighted by atomic mass is 32.2. The number of nitrogens with two attached hydrogens (primary N) is 1. The Bertz CT molecular complexity index is 2430. The maximum absolute atomic E-state index is 14.4. The van der Waals surface area contributed by atoms with E-state index in [1.165, 1.54) is 34.4 Å². The number of nitriles is 2. The first-order valence-corrected chi connectivity index (χ1v) is 26.1. The third-order valence-electron chi connectivity index (χ3n) is 9.40. The zero-order chi connectivity index (χ0) is 43.0. The molecular formula is C45H47N9OS6. The van der Waals surface area contributed by atoms with Gasteiger partial charge in [-0.3, -0.25) is 4.90 Å². The molecule has 16 heteroatoms. The Labute approximate surface area is 383 Å². The van der Waals surface area contributed by atoms with Crippen LogP contribution in [0, 0.1) is 22.7 Å². The molecule has 314 valence electrons. The molecule has 10 nitrogen and oxygen atoms in total. The molecular weight excluding hydrogens is 875 g/mol. The third-order valence-corrected chi connectivity index (χ3v) is 15.5. The second kappa shape index (κ2) is 23.7. The molecule has 0 spiro atoms. The summed E-state index contributed by atoms with van der Waals surface area (Å²) in [7, 11) is 0. The van der Waals surface area contributed by atoms with Crippen molar-refractivity contribution < 1.29 is 4.79 Å². The van der Waals surface area contributed by atoms with Crippen molar-refractivity contribution in [3.05, 3.63) is 100 Å². The Balaban J connectivity index is 1.46. The van der Waals surface area contributed by atoms with Crippen LogP contribution in [0.1, 0.15) is 68.7 Å². The molecule has 0 fully saturated rings. The lowest BCUT2D eigenvalue weighted by molar-refractivity contribution is 0.246. The molecule has 0 atom stereocenters. The monoisotopic (exact) mass is 921 g/mol. The Morgan fingerprint density at radius 3 is 1.93 bits per heavy atom. The van der Waals surface area contributed by atoms with Crippen molar-refractivity contribution in [2.24, 2.45) is 5.73 Å². The van der Waals surface area contributed by atoms with Crippen molar-refractivity contribution in [2.45, 2.75) is 69.6 Å². The molecule has 4 heterocycles. The van der Waals surface area contributed by atoms with Crippen molar-refractivity contribution in [3.8, 4) is 55.8 Å². The highest BCUT2D eigenvalue weighted by Gasteiger charge is 2.31. The second-order valence-electron chi connectivity index (χ2n) is 13.6. The number of benzene rings is 2. The predicted octanol–water partition coefficient (Wildman–Crippen LogP) is 12.2. The maximum Gasteiger partial charge on any atom is 0.322 e. The highest BCUT2D eigenvalue weighted by Crippen LogP contribution is 2.46. The van der Waals surface area contributed by atoms with E-state index in [9.17, 15) is 15.3 Å². The van der Waals surface area contributed by atoms with E-state index < -0.39 is 0 Å². The number of nitrogens with one attached hydrogen (secondary N) is 1. The van der Waals surface area contributed by atoms with Crippen LogP contribution in [0.4, 0.5) is 10.5 Å². The largest absolute Gasteiger partial charge is 0.338 e. The summed E-state index contributed by atoms with van der Waals surface area (Å²) in [5.41, 5.74) is 13.5. The molecule has 0 aliphatic heterocycles. The Hall–Kier alpha value is -4.39. The normalized spacial score (nSPS) is 11.0. The van der Waals surface area contributed by atoms with Crippen LogP contribution in [0.2, 0.25) is 0 Å². The first-order chi connectivity index (χ1) is 29.9. The average molecular weight is 922 g/mol. The Morgan fingerprint density at radius 2 is 1.38 bits per heavy atom. The molecule has 0 bridgehead atoms. The zero-order valence-electron chi connectivity index (χ0n) is 34.3. The van der Waals surface area contributed by atoms with Gasteiger partial charge in [-0.15, -0.1) is 22.7 Å². The lowest BCUT2D eigenvalue weighted by atomic mass is 9.96. The van der Waals surface area contributed by atoms with Gasteiger partial charge in [0.1, 0.15) is 43.6 Å². The van der Waals surface area contributed by atoms with Gasteiger partial charge in [0.15, 0.2) is 0 Å². The quantitative estimate of drug-likeness (QED) is 0.0400. The van der Waals surface area contributed by atoms with Gasteiger partial charge in [-0.05, 0) is 59.6 Å². The molecule has 6 rings (SSSR count). The minimum Gasteiger partial charge on any atom is -0.338 e. The summed E-state index contributed by atoms with van der Waals surface area (Å²) < 4.78 is 0. The van der Waals surface area contributed by atoms with Gasteiger partial charge in [-0.25, -0.2) is 24.7 Å². The topological polar surface area (TPSA) is 158 Å². The van der Waals surface area contributed by atoms with Crippen LogP contribution in [0.25, 0.3) is 43.7 Å². The fourth-order valence-corrected chi connectivity index (χ4v) is 11.9. The zero-order valence-corrected chi connectivity index (χ0v) is 39.2. The van der Waals surface area contributed by atoms with Crippen molar-refractivity contribution in [2.75, 3.05) is 33.1 Å². The minimum atomic E-state index is -0.335. The van der Waals surface area contributed by atoms with Crippen LogP contribution in [0.3, 0.4) is 0 Å². The van der Waals surface area contributed by atoms with E-state index in [0.29, 0.717) is 56.2 Å². The number of urea groups is 1. The molecule has 0 aliphatic rings. The number of carbonyl (C=O) groups excluding carboxylic acids is 1. The summed E-state index contributed by atoms with van der Waals surface area (Å²) in [5, 5.41) is 32.5. The van der Waals surface area contributed by atoms with Crippen molar-refractivity contribution in [3.63, 3.8) is 0 Å². The summed E-state index contributed by atoms with van der Waals surface area (Å²) in [5.74, 6) is 2.08. The van der Waals surface area contributed by atoms with Crippen LogP contribution in [0.15, 0.2) is 87.8 Å². The molecule has 0 unspecified atom stereocenters. The average Bonchev–Trinajstić information content (AvgIpc) is 4.04. The molecule has 0 aliphatic carbocycles. The van der Waals surface area contributed by atoms with Crippen LogP contribution in [-0.4, -0.2) is 54.2 Å². The van der Waals surface area contributed by atoms with E-state index in [1.807, 2.05) is 95.8 Å². The molecule has 3 N–H and O–H groups in total. The summed E-state index contributed by atoms with van der Waals surface area (Å²) in [6, 6.07) is 22.3. The van der Waals surface area contributed by atoms with Crippen LogP contribution in [-0.2, 0) is 13.1 Å². The molecule has 0 saturated carbocycles. The first kappa shape index (κ1) is 46.1. The molecule has 0 saturated heterocycles. The predicted molar refractivity (Wildman–Crippen MR) is 260 cm³/mol. The number of hydrogen-bond acceptors (Lipinski definition) is 14. The van der Waals surface area contributed by atoms with Crippen molar-refractivity contribution in [1.82, 2.24) is 25.3 Å². The number of rotatable bonds is 21. The van der Waals surface area contributed by atoms with E-state index in [0.717, 1.165) is 85.9 Å². The minimum absolute atomic E-state index is 0.159. The van der Waals surface area contributed by atoms with Gasteiger partial charge in [-0.1, -0.05) is 98.7 Å². The standard InChI is InChI=1S/C45H47N9OS6/c1-4-7-19-56-28-60-41-35(25-47)34(23-37(52-41)43-50-17-21-58-43)32-13-11-31(12-14-32)27-54(45(55)49-6-3)40-38(33-15-9-30(24-46)10-16-33)36(26-48)42(61-29-57-20-8-5-2)53-39(40)44-51-18-22-59-44/h9-18,21-23H,4-8,19-20,24,27-29,46H2,1-3H3,(H,49,55). The number of nitrogens with zero attached hydrogens (tertiary/aromatic N) is 7. The lowest BCUT2D eigenvalue weighted by Gasteiger charge is -2.28. The van der Waals surface area contributed by atoms with Gasteiger partial charge in [0.25, 0.3) is 0 Å². The smallest absolute Gasteiger partial charge is 0.322 e. The molecule has 2 aromatic carbocycles. The molecule has 61 heavy (non-hydrogen) atoms. The molecule has 4 aromatic heterocycles. The van der Waals surface area contributed by atoms with Gasteiger partial charge in [0.2, 0.25) is 0 Å². The number of amides is 2. The first-order valence-electron chi connectivity index (χ1n) is 20.0. The Kier molecular flexibility index (Phi) is 17.9. The fourth-order valence-electron chi connectivity index (χ4n) is 6.30. The number of pyridine rings is 2. The fraction of sp³-hybridized carbons (Fsp3) is 0.311. The van der Waals surface area contributed by atoms with Gasteiger partial charge in [0, 0.05) is 57.5 Å². The number of hydrogen-bond donors (Lipinski definition) is 2. The van der Waals surface area contributed by atoms with Gasteiger partial charge in [-0.2, -0.15) is 34.0 Å². The summed E-state index contributed by atoms with van der Waals surface area (Å²) in [4.78, 5) is 35.4. The Morgan fingerprint density at radius 1 is 0.787 bits per heavy atom. The number of thioether (sulfide) groups is 4. The number of unbranched alkanes of at least 4 members (excludes halogenated alkanes) is 2. The van der Waals surface area contributed by atoms with E-state index >= 15 is 0 Å². The molecule has 0 radical (unpaired) electrons. The van der Waals surface area contributed by atoms with Crippen molar-refractivity contribution >= 4 is 81.4 Å². The van der Waals surface area contributed by atoms with Gasteiger partial charge >= 0.3 is 6.03 Å². The summed E-state index contributed by atoms with van der Waals surface area (Å²) in [6.45, 7) is 7.16. The number of anilines is 1. The van der Waals surface area contributed by atoms with Crippen LogP contribution >= 0.6 is 69.7 Å². The number of aromatic nitrogens is 4. The van der Waals surface area contributed by atoms with E-state index in [4.69, 9.17) is 20.7 Å². The second-order valence-corrected chi connectivity index (χ2v) is 20.2. The summed E-state index contributed by atoms with van der Waals surface area (Å²) in [6.07, 6.45) is 8.00. The molecule has 6 aromatic rings. The lowest BCUT2D eigenvalue weighted by Crippen LogP contribution is -2.40. The van der Waals surface area contributed by atoms with Gasteiger partial charge < -0.3 is 11.1 Å². The third kappa shape index (κ3) is 11.8. The number of carbonyl (C=O) groups is 1. The van der Waals surface area contributed by atoms with E-state index in [2.05, 4.69) is 36.3 Å². The van der Waals surface area contributed by atoms with Crippen LogP contribution in [0.5, 0.6) is 0 Å². The van der Waals surface area contributed by atoms with Crippen molar-refractivity contribution in [1.29, 1.82) is 10.5 Å². The number of thiazole rings is 2. The van der Waals surface area contributed by atoms with E-state index in [-0.39, 0.29) is 12.6 Å². The maximum atomic E-state index is 14.4. The SMILES string of the molecule is CCCCSCSc1nc(-c2nccs2)cc(-c2ccc(CN(C(=O)NCC)c3c(-c4nccs4)nc(SCSCCCC)c(C#N)c3-c3ccc(CN)cc3)cc2)c1C#N. The van der Waals surface area contributed by atoms with E-state index in [1.54, 1.807) is 29.1 Å². The van der Waals surface area contributed by atoms with Crippen LogP contribution < -0.4 is 16.0 Å². The molecule has 2 amide bonds. The highest BCUT2D eigenvalue weighted by molar-refractivity contribution is 8.16. The summed E-state index contributed by atoms with van der Waals surface area (Å²) >= 11 is 9.74.